The maximum Gasteiger partial charge on any atom is 0.274 e. The Morgan fingerprint density at radius 3 is 2.89 bits per heavy atom. The number of hydrogen-bond acceptors (Lipinski definition) is 6. The molecule has 0 bridgehead atoms. The van der Waals surface area contributed by atoms with Gasteiger partial charge in [-0.25, -0.2) is 14.6 Å². The molecular weight excluding hydrogens is 380 g/mol. The summed E-state index contributed by atoms with van der Waals surface area (Å²) in [4.78, 5) is 22.3. The number of aryl methyl sites for hydroxylation is 1. The van der Waals surface area contributed by atoms with Crippen LogP contribution in [0.25, 0.3) is 11.5 Å². The van der Waals surface area contributed by atoms with Crippen molar-refractivity contribution >= 4 is 17.5 Å². The van der Waals surface area contributed by atoms with Crippen LogP contribution in [0.4, 0.5) is 0 Å². The standard InChI is InChI=1S/C18H15ClN8O/c1-12-16(25-27(24-12)15-6-2-5-14(19)8-15)18(28)22-9-13-4-3-7-21-17(13)26-11-20-10-23-26/h2-8,10-11H,9H2,1H3,(H,22,28). The first-order valence-corrected chi connectivity index (χ1v) is 8.76. The van der Waals surface area contributed by atoms with Gasteiger partial charge in [0, 0.05) is 23.3 Å². The Morgan fingerprint density at radius 1 is 1.21 bits per heavy atom. The molecule has 140 valence electrons. The molecule has 0 unspecified atom stereocenters. The topological polar surface area (TPSA) is 103 Å². The lowest BCUT2D eigenvalue weighted by Gasteiger charge is -2.08. The van der Waals surface area contributed by atoms with Crippen molar-refractivity contribution in [3.05, 3.63) is 77.2 Å². The highest BCUT2D eigenvalue weighted by Gasteiger charge is 2.17. The van der Waals surface area contributed by atoms with Gasteiger partial charge in [0.2, 0.25) is 0 Å². The molecule has 0 aliphatic carbocycles. The zero-order valence-corrected chi connectivity index (χ0v) is 15.6. The monoisotopic (exact) mass is 394 g/mol. The number of nitrogens with one attached hydrogen (secondary N) is 1. The van der Waals surface area contributed by atoms with E-state index in [0.717, 1.165) is 5.56 Å². The summed E-state index contributed by atoms with van der Waals surface area (Å²) in [6.07, 6.45) is 4.63. The zero-order valence-electron chi connectivity index (χ0n) is 14.8. The highest BCUT2D eigenvalue weighted by Crippen LogP contribution is 2.15. The van der Waals surface area contributed by atoms with Crippen molar-refractivity contribution in [1.29, 1.82) is 0 Å². The number of rotatable bonds is 5. The van der Waals surface area contributed by atoms with E-state index in [1.807, 2.05) is 12.1 Å². The average molecular weight is 395 g/mol. The normalized spacial score (nSPS) is 10.8. The van der Waals surface area contributed by atoms with E-state index in [0.29, 0.717) is 22.2 Å². The number of carbonyl (C=O) groups excluding carboxylic acids is 1. The van der Waals surface area contributed by atoms with Crippen molar-refractivity contribution in [2.75, 3.05) is 0 Å². The van der Waals surface area contributed by atoms with Crippen LogP contribution in [0.5, 0.6) is 0 Å². The molecular formula is C18H15ClN8O. The predicted molar refractivity (Wildman–Crippen MR) is 101 cm³/mol. The molecule has 28 heavy (non-hydrogen) atoms. The van der Waals surface area contributed by atoms with Crippen molar-refractivity contribution in [3.63, 3.8) is 0 Å². The summed E-state index contributed by atoms with van der Waals surface area (Å²) in [7, 11) is 0. The number of aromatic nitrogens is 7. The first kappa shape index (κ1) is 17.8. The molecule has 10 heteroatoms. The highest BCUT2D eigenvalue weighted by molar-refractivity contribution is 6.30. The first-order chi connectivity index (χ1) is 13.6. The number of pyridine rings is 1. The fraction of sp³-hybridized carbons (Fsp3) is 0.111. The molecule has 0 atom stereocenters. The second-order valence-corrected chi connectivity index (χ2v) is 6.35. The molecule has 0 aliphatic rings. The molecule has 0 fully saturated rings. The lowest BCUT2D eigenvalue weighted by atomic mass is 10.2. The van der Waals surface area contributed by atoms with Crippen LogP contribution in [0, 0.1) is 6.92 Å². The number of halogens is 1. The SMILES string of the molecule is Cc1nn(-c2cccc(Cl)c2)nc1C(=O)NCc1cccnc1-n1cncn1. The summed E-state index contributed by atoms with van der Waals surface area (Å²) in [5, 5.41) is 16.1. The third kappa shape index (κ3) is 3.60. The molecule has 9 nitrogen and oxygen atoms in total. The van der Waals surface area contributed by atoms with Gasteiger partial charge in [-0.2, -0.15) is 15.0 Å². The summed E-state index contributed by atoms with van der Waals surface area (Å²) in [6.45, 7) is 1.99. The summed E-state index contributed by atoms with van der Waals surface area (Å²) in [5.74, 6) is 0.263. The van der Waals surface area contributed by atoms with Gasteiger partial charge in [0.05, 0.1) is 11.4 Å². The quantitative estimate of drug-likeness (QED) is 0.556. The van der Waals surface area contributed by atoms with Crippen molar-refractivity contribution < 1.29 is 4.79 Å². The number of amides is 1. The minimum absolute atomic E-state index is 0.242. The minimum Gasteiger partial charge on any atom is -0.346 e. The van der Waals surface area contributed by atoms with Crippen molar-refractivity contribution in [1.82, 2.24) is 40.1 Å². The van der Waals surface area contributed by atoms with E-state index in [1.165, 1.54) is 11.1 Å². The van der Waals surface area contributed by atoms with E-state index >= 15 is 0 Å². The van der Waals surface area contributed by atoms with E-state index in [-0.39, 0.29) is 18.1 Å². The van der Waals surface area contributed by atoms with Crippen LogP contribution in [0.2, 0.25) is 5.02 Å². The fourth-order valence-corrected chi connectivity index (χ4v) is 2.84. The van der Waals surface area contributed by atoms with Crippen LogP contribution in [0.3, 0.4) is 0 Å². The number of carbonyl (C=O) groups is 1. The van der Waals surface area contributed by atoms with Gasteiger partial charge in [0.15, 0.2) is 11.5 Å². The fourth-order valence-electron chi connectivity index (χ4n) is 2.66. The molecule has 0 radical (unpaired) electrons. The van der Waals surface area contributed by atoms with Gasteiger partial charge in [-0.05, 0) is 31.2 Å². The maximum atomic E-state index is 12.6. The molecule has 4 rings (SSSR count). The van der Waals surface area contributed by atoms with Gasteiger partial charge in [0.1, 0.15) is 12.7 Å². The van der Waals surface area contributed by atoms with Crippen LogP contribution in [-0.2, 0) is 6.54 Å². The molecule has 1 amide bonds. The van der Waals surface area contributed by atoms with E-state index in [9.17, 15) is 4.79 Å². The smallest absolute Gasteiger partial charge is 0.274 e. The predicted octanol–water partition coefficient (Wildman–Crippen LogP) is 2.13. The first-order valence-electron chi connectivity index (χ1n) is 8.39. The van der Waals surface area contributed by atoms with E-state index in [4.69, 9.17) is 11.6 Å². The van der Waals surface area contributed by atoms with E-state index < -0.39 is 0 Å². The van der Waals surface area contributed by atoms with Crippen molar-refractivity contribution in [2.45, 2.75) is 13.5 Å². The Bertz CT molecular complexity index is 1120. The number of nitrogens with zero attached hydrogens (tertiary/aromatic N) is 7. The van der Waals surface area contributed by atoms with Crippen LogP contribution in [-0.4, -0.2) is 40.6 Å². The zero-order chi connectivity index (χ0) is 19.5. The Morgan fingerprint density at radius 2 is 2.11 bits per heavy atom. The molecule has 1 N–H and O–H groups in total. The van der Waals surface area contributed by atoms with Crippen LogP contribution in [0.1, 0.15) is 21.7 Å². The van der Waals surface area contributed by atoms with Gasteiger partial charge in [-0.3, -0.25) is 4.79 Å². The largest absolute Gasteiger partial charge is 0.346 e. The van der Waals surface area contributed by atoms with E-state index in [1.54, 1.807) is 48.4 Å². The van der Waals surface area contributed by atoms with Crippen LogP contribution < -0.4 is 5.32 Å². The van der Waals surface area contributed by atoms with Crippen molar-refractivity contribution in [3.8, 4) is 11.5 Å². The number of hydrogen-bond donors (Lipinski definition) is 1. The Kier molecular flexibility index (Phi) is 4.81. The van der Waals surface area contributed by atoms with Crippen LogP contribution in [0.15, 0.2) is 55.2 Å². The molecule has 0 saturated heterocycles. The van der Waals surface area contributed by atoms with Crippen molar-refractivity contribution in [2.24, 2.45) is 0 Å². The molecule has 0 spiro atoms. The average Bonchev–Trinajstić information content (AvgIpc) is 3.36. The molecule has 3 heterocycles. The minimum atomic E-state index is -0.334. The third-order valence-electron chi connectivity index (χ3n) is 3.98. The Labute approximate surface area is 165 Å². The Hall–Kier alpha value is -3.59. The van der Waals surface area contributed by atoms with Crippen LogP contribution >= 0.6 is 11.6 Å². The molecule has 1 aromatic carbocycles. The van der Waals surface area contributed by atoms with Gasteiger partial charge in [-0.1, -0.05) is 23.7 Å². The lowest BCUT2D eigenvalue weighted by molar-refractivity contribution is 0.0945. The molecule has 0 aliphatic heterocycles. The summed E-state index contributed by atoms with van der Waals surface area (Å²) in [5.41, 5.74) is 2.22. The maximum absolute atomic E-state index is 12.6. The molecule has 4 aromatic rings. The third-order valence-corrected chi connectivity index (χ3v) is 4.21. The summed E-state index contributed by atoms with van der Waals surface area (Å²) >= 11 is 6.01. The summed E-state index contributed by atoms with van der Waals surface area (Å²) < 4.78 is 1.54. The van der Waals surface area contributed by atoms with Gasteiger partial charge >= 0.3 is 0 Å². The van der Waals surface area contributed by atoms with Gasteiger partial charge in [-0.15, -0.1) is 5.10 Å². The van der Waals surface area contributed by atoms with E-state index in [2.05, 4.69) is 30.6 Å². The Balaban J connectivity index is 1.53. The number of benzene rings is 1. The highest BCUT2D eigenvalue weighted by atomic mass is 35.5. The second-order valence-electron chi connectivity index (χ2n) is 5.91. The summed E-state index contributed by atoms with van der Waals surface area (Å²) in [6, 6.07) is 10.7. The lowest BCUT2D eigenvalue weighted by Crippen LogP contribution is -2.25. The second kappa shape index (κ2) is 7.57. The molecule has 0 saturated carbocycles. The van der Waals surface area contributed by atoms with Gasteiger partial charge in [0.25, 0.3) is 5.91 Å². The van der Waals surface area contributed by atoms with Gasteiger partial charge < -0.3 is 5.32 Å². The molecule has 3 aromatic heterocycles.